The van der Waals surface area contributed by atoms with E-state index in [2.05, 4.69) is 15.0 Å². The summed E-state index contributed by atoms with van der Waals surface area (Å²) in [5.74, 6) is 0.219. The van der Waals surface area contributed by atoms with Crippen molar-refractivity contribution in [2.24, 2.45) is 4.99 Å². The molecule has 2 rings (SSSR count). The Kier molecular flexibility index (Phi) is 2.68. The minimum atomic E-state index is -0.615. The van der Waals surface area contributed by atoms with Crippen LogP contribution in [0.2, 0.25) is 0 Å². The van der Waals surface area contributed by atoms with Crippen molar-refractivity contribution in [1.29, 1.82) is 0 Å². The number of nitrogens with zero attached hydrogens (tertiary/aromatic N) is 4. The summed E-state index contributed by atoms with van der Waals surface area (Å²) in [6.07, 6.45) is 4.41. The van der Waals surface area contributed by atoms with Gasteiger partial charge in [0.2, 0.25) is 5.95 Å². The van der Waals surface area contributed by atoms with E-state index in [0.717, 1.165) is 0 Å². The fourth-order valence-electron chi connectivity index (χ4n) is 0.989. The van der Waals surface area contributed by atoms with Crippen LogP contribution in [-0.2, 0) is 0 Å². The summed E-state index contributed by atoms with van der Waals surface area (Å²) in [5.41, 5.74) is 0. The Hall–Kier alpha value is -2.57. The van der Waals surface area contributed by atoms with E-state index in [0.29, 0.717) is 0 Å². The van der Waals surface area contributed by atoms with Crippen molar-refractivity contribution in [1.82, 2.24) is 9.97 Å². The molecule has 0 atom stereocenters. The Labute approximate surface area is 89.6 Å². The van der Waals surface area contributed by atoms with Gasteiger partial charge in [0.05, 0.1) is 12.3 Å². The summed E-state index contributed by atoms with van der Waals surface area (Å²) < 4.78 is 4.86. The van der Waals surface area contributed by atoms with Crippen molar-refractivity contribution in [2.45, 2.75) is 0 Å². The summed E-state index contributed by atoms with van der Waals surface area (Å²) in [6, 6.07) is 4.37. The second-order valence-electron chi connectivity index (χ2n) is 2.74. The molecule has 0 saturated carbocycles. The lowest BCUT2D eigenvalue weighted by molar-refractivity contribution is -0.402. The van der Waals surface area contributed by atoms with Gasteiger partial charge in [0, 0.05) is 12.4 Å². The molecule has 0 radical (unpaired) electrons. The lowest BCUT2D eigenvalue weighted by Crippen LogP contribution is -1.83. The number of rotatable bonds is 3. The fraction of sp³-hybridized carbons (Fsp3) is 0. The number of furan rings is 1. The van der Waals surface area contributed by atoms with Crippen LogP contribution in [0.15, 0.2) is 40.0 Å². The number of hydrogen-bond donors (Lipinski definition) is 0. The van der Waals surface area contributed by atoms with Gasteiger partial charge in [0.25, 0.3) is 0 Å². The lowest BCUT2D eigenvalue weighted by Gasteiger charge is -1.87. The normalized spacial score (nSPS) is 10.8. The molecule has 0 amide bonds. The van der Waals surface area contributed by atoms with Gasteiger partial charge in [-0.25, -0.2) is 15.0 Å². The Morgan fingerprint density at radius 1 is 1.38 bits per heavy atom. The monoisotopic (exact) mass is 218 g/mol. The van der Waals surface area contributed by atoms with Crippen LogP contribution in [0.25, 0.3) is 0 Å². The molecule has 0 N–H and O–H groups in total. The maximum atomic E-state index is 10.3. The molecular formula is C9H6N4O3. The molecule has 0 aliphatic rings. The standard InChI is InChI=1S/C9H6N4O3/c14-13(15)8-3-2-7(16-8)6-12-9-10-4-1-5-11-9/h1-6H. The highest BCUT2D eigenvalue weighted by Crippen LogP contribution is 2.14. The van der Waals surface area contributed by atoms with Crippen LogP contribution in [0.1, 0.15) is 5.76 Å². The van der Waals surface area contributed by atoms with Crippen LogP contribution in [-0.4, -0.2) is 21.1 Å². The van der Waals surface area contributed by atoms with Crippen LogP contribution in [0.4, 0.5) is 11.8 Å². The third-order valence-electron chi connectivity index (χ3n) is 1.65. The molecular weight excluding hydrogens is 212 g/mol. The van der Waals surface area contributed by atoms with Gasteiger partial charge in [0.1, 0.15) is 4.92 Å². The van der Waals surface area contributed by atoms with E-state index < -0.39 is 4.92 Å². The Morgan fingerprint density at radius 3 is 2.75 bits per heavy atom. The first-order valence-corrected chi connectivity index (χ1v) is 4.31. The van der Waals surface area contributed by atoms with Crippen molar-refractivity contribution in [2.75, 3.05) is 0 Å². The first-order valence-electron chi connectivity index (χ1n) is 4.31. The topological polar surface area (TPSA) is 94.4 Å². The third-order valence-corrected chi connectivity index (χ3v) is 1.65. The van der Waals surface area contributed by atoms with Gasteiger partial charge in [-0.1, -0.05) is 0 Å². The summed E-state index contributed by atoms with van der Waals surface area (Å²) in [4.78, 5) is 21.3. The molecule has 2 aromatic heterocycles. The van der Waals surface area contributed by atoms with Gasteiger partial charge in [-0.15, -0.1) is 0 Å². The molecule has 0 aromatic carbocycles. The maximum absolute atomic E-state index is 10.3. The van der Waals surface area contributed by atoms with E-state index >= 15 is 0 Å². The zero-order valence-electron chi connectivity index (χ0n) is 7.98. The van der Waals surface area contributed by atoms with Crippen LogP contribution in [0.3, 0.4) is 0 Å². The lowest BCUT2D eigenvalue weighted by atomic mass is 10.5. The molecule has 7 heteroatoms. The smallest absolute Gasteiger partial charge is 0.400 e. The van der Waals surface area contributed by atoms with E-state index in [1.165, 1.54) is 18.3 Å². The van der Waals surface area contributed by atoms with Crippen molar-refractivity contribution >= 4 is 18.0 Å². The van der Waals surface area contributed by atoms with Gasteiger partial charge in [-0.3, -0.25) is 10.1 Å². The van der Waals surface area contributed by atoms with Crippen molar-refractivity contribution in [3.05, 3.63) is 46.5 Å². The van der Waals surface area contributed by atoms with Gasteiger partial charge >= 0.3 is 5.88 Å². The number of aromatic nitrogens is 2. The molecule has 0 aliphatic heterocycles. The number of hydrogen-bond acceptors (Lipinski definition) is 6. The predicted molar refractivity (Wildman–Crippen MR) is 54.6 cm³/mol. The zero-order chi connectivity index (χ0) is 11.4. The third kappa shape index (κ3) is 2.27. The average molecular weight is 218 g/mol. The fourth-order valence-corrected chi connectivity index (χ4v) is 0.989. The molecule has 16 heavy (non-hydrogen) atoms. The van der Waals surface area contributed by atoms with Crippen molar-refractivity contribution in [3.63, 3.8) is 0 Å². The van der Waals surface area contributed by atoms with E-state index in [1.54, 1.807) is 18.5 Å². The largest absolute Gasteiger partial charge is 0.433 e. The number of nitro groups is 1. The van der Waals surface area contributed by atoms with Crippen LogP contribution < -0.4 is 0 Å². The van der Waals surface area contributed by atoms with Gasteiger partial charge in [-0.05, 0) is 12.1 Å². The number of aliphatic imine (C=N–C) groups is 1. The molecule has 0 spiro atoms. The first-order chi connectivity index (χ1) is 7.75. The van der Waals surface area contributed by atoms with E-state index in [4.69, 9.17) is 4.42 Å². The molecule has 80 valence electrons. The van der Waals surface area contributed by atoms with Crippen molar-refractivity contribution in [3.8, 4) is 0 Å². The highest BCUT2D eigenvalue weighted by molar-refractivity contribution is 5.78. The molecule has 0 saturated heterocycles. The second-order valence-corrected chi connectivity index (χ2v) is 2.74. The summed E-state index contributed by atoms with van der Waals surface area (Å²) in [5, 5.41) is 10.3. The second kappa shape index (κ2) is 4.30. The predicted octanol–water partition coefficient (Wildman–Crippen LogP) is 1.73. The summed E-state index contributed by atoms with van der Waals surface area (Å²) in [6.45, 7) is 0. The highest BCUT2D eigenvalue weighted by atomic mass is 16.6. The molecule has 0 unspecified atom stereocenters. The highest BCUT2D eigenvalue weighted by Gasteiger charge is 2.10. The summed E-state index contributed by atoms with van der Waals surface area (Å²) in [7, 11) is 0. The molecule has 0 aliphatic carbocycles. The average Bonchev–Trinajstić information content (AvgIpc) is 2.76. The SMILES string of the molecule is O=[N+]([O-])c1ccc(C=Nc2ncccn2)o1. The maximum Gasteiger partial charge on any atom is 0.433 e. The van der Waals surface area contributed by atoms with Crippen LogP contribution in [0.5, 0.6) is 0 Å². The molecule has 2 aromatic rings. The molecule has 0 fully saturated rings. The van der Waals surface area contributed by atoms with Crippen LogP contribution in [0, 0.1) is 10.1 Å². The Morgan fingerprint density at radius 2 is 2.12 bits per heavy atom. The Bertz CT molecular complexity index is 521. The van der Waals surface area contributed by atoms with Crippen molar-refractivity contribution < 1.29 is 9.34 Å². The van der Waals surface area contributed by atoms with Crippen LogP contribution >= 0.6 is 0 Å². The summed E-state index contributed by atoms with van der Waals surface area (Å²) >= 11 is 0. The quantitative estimate of drug-likeness (QED) is 0.444. The molecule has 2 heterocycles. The molecule has 7 nitrogen and oxygen atoms in total. The van der Waals surface area contributed by atoms with Gasteiger partial charge in [-0.2, -0.15) is 0 Å². The minimum Gasteiger partial charge on any atom is -0.400 e. The van der Waals surface area contributed by atoms with Gasteiger partial charge in [0.15, 0.2) is 5.76 Å². The molecule has 0 bridgehead atoms. The van der Waals surface area contributed by atoms with E-state index in [-0.39, 0.29) is 17.6 Å². The van der Waals surface area contributed by atoms with Gasteiger partial charge < -0.3 is 4.42 Å². The van der Waals surface area contributed by atoms with E-state index in [1.807, 2.05) is 0 Å². The first kappa shape index (κ1) is 9.97. The zero-order valence-corrected chi connectivity index (χ0v) is 7.98. The minimum absolute atomic E-state index is 0.265. The Balaban J connectivity index is 2.15. The van der Waals surface area contributed by atoms with E-state index in [9.17, 15) is 10.1 Å².